The van der Waals surface area contributed by atoms with Crippen LogP contribution in [0.15, 0.2) is 10.5 Å². The van der Waals surface area contributed by atoms with Crippen molar-refractivity contribution < 1.29 is 4.42 Å². The Hall–Kier alpha value is -0.800. The van der Waals surface area contributed by atoms with E-state index < -0.39 is 0 Å². The van der Waals surface area contributed by atoms with Crippen LogP contribution in [0.1, 0.15) is 56.6 Å². The van der Waals surface area contributed by atoms with E-state index in [-0.39, 0.29) is 0 Å². The first kappa shape index (κ1) is 14.6. The smallest absolute Gasteiger partial charge is 0.118 e. The number of likely N-dealkylation sites (tertiary alicyclic amines) is 1. The molecule has 0 saturated carbocycles. The Morgan fingerprint density at radius 1 is 1.26 bits per heavy atom. The van der Waals surface area contributed by atoms with Gasteiger partial charge in [0.25, 0.3) is 0 Å². The van der Waals surface area contributed by atoms with Crippen molar-refractivity contribution >= 4 is 0 Å². The van der Waals surface area contributed by atoms with Gasteiger partial charge in [-0.3, -0.25) is 4.90 Å². The predicted octanol–water partition coefficient (Wildman–Crippen LogP) is 3.45. The first-order valence-corrected chi connectivity index (χ1v) is 7.63. The number of rotatable bonds is 5. The van der Waals surface area contributed by atoms with Crippen LogP contribution < -0.4 is 5.73 Å². The van der Waals surface area contributed by atoms with Crippen molar-refractivity contribution in [3.63, 3.8) is 0 Å². The number of nitrogens with two attached hydrogens (primary N) is 1. The fraction of sp³-hybridized carbons (Fsp3) is 0.750. The molecule has 0 aromatic carbocycles. The lowest BCUT2D eigenvalue weighted by Gasteiger charge is -2.40. The minimum absolute atomic E-state index is 0.574. The highest BCUT2D eigenvalue weighted by Crippen LogP contribution is 2.38. The van der Waals surface area contributed by atoms with E-state index in [9.17, 15) is 0 Å². The quantitative estimate of drug-likeness (QED) is 0.885. The van der Waals surface area contributed by atoms with Crippen molar-refractivity contribution in [3.8, 4) is 0 Å². The van der Waals surface area contributed by atoms with Gasteiger partial charge in [0, 0.05) is 12.1 Å². The Balaban J connectivity index is 1.91. The Bertz CT molecular complexity index is 397. The van der Waals surface area contributed by atoms with Crippen molar-refractivity contribution in [2.24, 2.45) is 11.1 Å². The van der Waals surface area contributed by atoms with Crippen LogP contribution in [0.2, 0.25) is 0 Å². The van der Waals surface area contributed by atoms with E-state index in [1.54, 1.807) is 0 Å². The zero-order valence-corrected chi connectivity index (χ0v) is 12.7. The topological polar surface area (TPSA) is 42.4 Å². The fourth-order valence-electron chi connectivity index (χ4n) is 3.23. The lowest BCUT2D eigenvalue weighted by Crippen LogP contribution is -2.39. The molecule has 2 N–H and O–H groups in total. The second-order valence-corrected chi connectivity index (χ2v) is 5.98. The Morgan fingerprint density at radius 2 is 1.89 bits per heavy atom. The highest BCUT2D eigenvalue weighted by Gasteiger charge is 2.31. The minimum atomic E-state index is 0.574. The maximum atomic E-state index is 5.79. The Morgan fingerprint density at radius 3 is 2.37 bits per heavy atom. The second kappa shape index (κ2) is 6.10. The van der Waals surface area contributed by atoms with Gasteiger partial charge in [0.2, 0.25) is 0 Å². The summed E-state index contributed by atoms with van der Waals surface area (Å²) >= 11 is 0. The second-order valence-electron chi connectivity index (χ2n) is 5.98. The molecule has 2 heterocycles. The number of piperidine rings is 1. The van der Waals surface area contributed by atoms with Crippen LogP contribution in [0.3, 0.4) is 0 Å². The van der Waals surface area contributed by atoms with E-state index in [2.05, 4.69) is 24.8 Å². The molecule has 2 rings (SSSR count). The molecule has 1 saturated heterocycles. The summed E-state index contributed by atoms with van der Waals surface area (Å²) < 4.78 is 5.79. The molecule has 3 heteroatoms. The summed E-state index contributed by atoms with van der Waals surface area (Å²) in [5.74, 6) is 2.05. The average Bonchev–Trinajstić information content (AvgIpc) is 2.80. The first-order valence-electron chi connectivity index (χ1n) is 7.63. The monoisotopic (exact) mass is 264 g/mol. The van der Waals surface area contributed by atoms with E-state index >= 15 is 0 Å². The number of furan rings is 1. The summed E-state index contributed by atoms with van der Waals surface area (Å²) in [6.45, 7) is 10.6. The van der Waals surface area contributed by atoms with E-state index in [1.807, 2.05) is 6.92 Å². The SMILES string of the molecule is CCC1(CC)CCN(Cc2cc(CN)c(C)o2)CC1. The van der Waals surface area contributed by atoms with Crippen molar-refractivity contribution in [3.05, 3.63) is 23.2 Å². The van der Waals surface area contributed by atoms with Gasteiger partial charge in [0.1, 0.15) is 11.5 Å². The summed E-state index contributed by atoms with van der Waals surface area (Å²) in [6, 6.07) is 2.12. The van der Waals surface area contributed by atoms with Gasteiger partial charge in [-0.15, -0.1) is 0 Å². The molecule has 1 fully saturated rings. The standard InChI is InChI=1S/C16H28N2O/c1-4-16(5-2)6-8-18(9-7-16)12-15-10-14(11-17)13(3)19-15/h10H,4-9,11-12,17H2,1-3H3. The zero-order chi connectivity index (χ0) is 13.9. The van der Waals surface area contributed by atoms with E-state index in [0.29, 0.717) is 12.0 Å². The molecule has 0 radical (unpaired) electrons. The van der Waals surface area contributed by atoms with E-state index in [4.69, 9.17) is 10.2 Å². The Labute approximate surface area is 117 Å². The van der Waals surface area contributed by atoms with Crippen LogP contribution in [0, 0.1) is 12.3 Å². The number of nitrogens with zero attached hydrogens (tertiary/aromatic N) is 1. The summed E-state index contributed by atoms with van der Waals surface area (Å²) in [4.78, 5) is 2.52. The van der Waals surface area contributed by atoms with Crippen LogP contribution in [-0.4, -0.2) is 18.0 Å². The lowest BCUT2D eigenvalue weighted by molar-refractivity contribution is 0.0861. The molecule has 19 heavy (non-hydrogen) atoms. The maximum absolute atomic E-state index is 5.79. The van der Waals surface area contributed by atoms with Crippen molar-refractivity contribution in [2.45, 2.75) is 59.5 Å². The normalized spacial score (nSPS) is 19.8. The molecular formula is C16H28N2O. The van der Waals surface area contributed by atoms with Crippen LogP contribution in [0.25, 0.3) is 0 Å². The maximum Gasteiger partial charge on any atom is 0.118 e. The molecule has 0 bridgehead atoms. The number of aryl methyl sites for hydroxylation is 1. The molecule has 0 spiro atoms. The summed E-state index contributed by atoms with van der Waals surface area (Å²) in [5, 5.41) is 0. The minimum Gasteiger partial charge on any atom is -0.465 e. The van der Waals surface area contributed by atoms with Crippen molar-refractivity contribution in [1.29, 1.82) is 0 Å². The van der Waals surface area contributed by atoms with Gasteiger partial charge in [-0.05, 0) is 44.3 Å². The van der Waals surface area contributed by atoms with Crippen molar-refractivity contribution in [1.82, 2.24) is 4.90 Å². The van der Waals surface area contributed by atoms with Gasteiger partial charge in [-0.25, -0.2) is 0 Å². The summed E-state index contributed by atoms with van der Waals surface area (Å²) in [5.41, 5.74) is 7.43. The van der Waals surface area contributed by atoms with Crippen LogP contribution in [0.5, 0.6) is 0 Å². The molecular weight excluding hydrogens is 236 g/mol. The lowest BCUT2D eigenvalue weighted by atomic mass is 9.74. The molecule has 0 amide bonds. The predicted molar refractivity (Wildman–Crippen MR) is 78.9 cm³/mol. The number of hydrogen-bond donors (Lipinski definition) is 1. The third-order valence-corrected chi connectivity index (χ3v) is 5.09. The molecule has 108 valence electrons. The van der Waals surface area contributed by atoms with Crippen LogP contribution >= 0.6 is 0 Å². The molecule has 1 aromatic heterocycles. The molecule has 0 unspecified atom stereocenters. The largest absolute Gasteiger partial charge is 0.465 e. The van der Waals surface area contributed by atoms with Crippen LogP contribution in [0.4, 0.5) is 0 Å². The first-order chi connectivity index (χ1) is 9.12. The van der Waals surface area contributed by atoms with Gasteiger partial charge >= 0.3 is 0 Å². The highest BCUT2D eigenvalue weighted by atomic mass is 16.3. The van der Waals surface area contributed by atoms with Gasteiger partial charge in [0.05, 0.1) is 6.54 Å². The highest BCUT2D eigenvalue weighted by molar-refractivity contribution is 5.20. The van der Waals surface area contributed by atoms with Crippen LogP contribution in [-0.2, 0) is 13.1 Å². The molecule has 0 aliphatic carbocycles. The van der Waals surface area contributed by atoms with Gasteiger partial charge < -0.3 is 10.2 Å². The van der Waals surface area contributed by atoms with Gasteiger partial charge in [0.15, 0.2) is 0 Å². The van der Waals surface area contributed by atoms with Crippen molar-refractivity contribution in [2.75, 3.05) is 13.1 Å². The third kappa shape index (κ3) is 3.21. The number of hydrogen-bond acceptors (Lipinski definition) is 3. The van der Waals surface area contributed by atoms with E-state index in [1.165, 1.54) is 38.8 Å². The molecule has 1 aliphatic heterocycles. The van der Waals surface area contributed by atoms with Gasteiger partial charge in [-0.2, -0.15) is 0 Å². The molecule has 3 nitrogen and oxygen atoms in total. The van der Waals surface area contributed by atoms with E-state index in [0.717, 1.165) is 23.6 Å². The summed E-state index contributed by atoms with van der Waals surface area (Å²) in [6.07, 6.45) is 5.27. The zero-order valence-electron chi connectivity index (χ0n) is 12.7. The Kier molecular flexibility index (Phi) is 4.69. The molecule has 1 aliphatic rings. The van der Waals surface area contributed by atoms with Gasteiger partial charge in [-0.1, -0.05) is 26.7 Å². The average molecular weight is 264 g/mol. The fourth-order valence-corrected chi connectivity index (χ4v) is 3.23. The molecule has 1 aromatic rings. The summed E-state index contributed by atoms with van der Waals surface area (Å²) in [7, 11) is 0. The molecule has 0 atom stereocenters. The third-order valence-electron chi connectivity index (χ3n) is 5.09.